The Hall–Kier alpha value is -1.53. The van der Waals surface area contributed by atoms with Crippen LogP contribution in [0.5, 0.6) is 5.75 Å². The quantitative estimate of drug-likeness (QED) is 0.654. The van der Waals surface area contributed by atoms with Gasteiger partial charge >= 0.3 is 0 Å². The molecule has 3 rings (SSSR count). The number of aromatic amines is 1. The first kappa shape index (κ1) is 14.4. The second-order valence-corrected chi connectivity index (χ2v) is 6.33. The van der Waals surface area contributed by atoms with E-state index in [1.165, 1.54) is 0 Å². The van der Waals surface area contributed by atoms with Crippen LogP contribution in [-0.4, -0.2) is 17.3 Å². The van der Waals surface area contributed by atoms with E-state index in [-0.39, 0.29) is 0 Å². The average molecular weight is 411 g/mol. The van der Waals surface area contributed by atoms with E-state index in [0.29, 0.717) is 0 Å². The van der Waals surface area contributed by atoms with Gasteiger partial charge in [-0.05, 0) is 67.8 Å². The maximum Gasteiger partial charge on any atom is 0.147 e. The third-order valence-electron chi connectivity index (χ3n) is 3.20. The van der Waals surface area contributed by atoms with Crippen molar-refractivity contribution in [3.8, 4) is 5.75 Å². The topological polar surface area (TPSA) is 49.9 Å². The number of nitrogens with zero attached hydrogens (tertiary/aromatic N) is 1. The molecule has 0 unspecified atom stereocenters. The Balaban J connectivity index is 1.78. The fourth-order valence-electron chi connectivity index (χ4n) is 2.16. The van der Waals surface area contributed by atoms with E-state index in [2.05, 4.69) is 53.4 Å². The minimum absolute atomic E-state index is 0.723. The molecular formula is C15H13Br2N3O. The van der Waals surface area contributed by atoms with Crippen molar-refractivity contribution in [1.29, 1.82) is 0 Å². The van der Waals surface area contributed by atoms with Crippen LogP contribution in [0.1, 0.15) is 5.56 Å². The number of benzene rings is 2. The minimum atomic E-state index is 0.723. The molecule has 0 amide bonds. The maximum absolute atomic E-state index is 5.31. The molecule has 2 aromatic carbocycles. The van der Waals surface area contributed by atoms with Gasteiger partial charge in [0.05, 0.1) is 27.8 Å². The average Bonchev–Trinajstić information content (AvgIpc) is 2.92. The van der Waals surface area contributed by atoms with Crippen LogP contribution >= 0.6 is 31.9 Å². The molecule has 0 bridgehead atoms. The SMILES string of the molecule is COc1c(Br)cc(CNc2ccc3cn[nH]c3c2)cc1Br. The van der Waals surface area contributed by atoms with Crippen LogP contribution < -0.4 is 10.1 Å². The molecular weight excluding hydrogens is 398 g/mol. The summed E-state index contributed by atoms with van der Waals surface area (Å²) in [5.74, 6) is 0.803. The van der Waals surface area contributed by atoms with Gasteiger partial charge in [0.15, 0.2) is 0 Å². The lowest BCUT2D eigenvalue weighted by molar-refractivity contribution is 0.409. The van der Waals surface area contributed by atoms with E-state index < -0.39 is 0 Å². The number of rotatable bonds is 4. The molecule has 0 spiro atoms. The van der Waals surface area contributed by atoms with E-state index >= 15 is 0 Å². The number of aromatic nitrogens is 2. The number of H-pyrrole nitrogens is 1. The molecule has 0 aliphatic carbocycles. The molecule has 4 nitrogen and oxygen atoms in total. The van der Waals surface area contributed by atoms with Gasteiger partial charge in [-0.2, -0.15) is 5.10 Å². The van der Waals surface area contributed by atoms with Crippen molar-refractivity contribution >= 4 is 48.5 Å². The number of ether oxygens (including phenoxy) is 1. The molecule has 0 aliphatic heterocycles. The van der Waals surface area contributed by atoms with Crippen LogP contribution in [0.2, 0.25) is 0 Å². The highest BCUT2D eigenvalue weighted by Gasteiger charge is 2.07. The Morgan fingerprint density at radius 1 is 1.19 bits per heavy atom. The first-order valence-electron chi connectivity index (χ1n) is 6.36. The van der Waals surface area contributed by atoms with Crippen LogP contribution in [0.25, 0.3) is 10.9 Å². The van der Waals surface area contributed by atoms with Crippen molar-refractivity contribution in [2.45, 2.75) is 6.54 Å². The molecule has 0 fully saturated rings. The molecule has 0 saturated carbocycles. The third kappa shape index (κ3) is 3.06. The van der Waals surface area contributed by atoms with Gasteiger partial charge in [0.1, 0.15) is 5.75 Å². The van der Waals surface area contributed by atoms with Crippen molar-refractivity contribution in [3.63, 3.8) is 0 Å². The minimum Gasteiger partial charge on any atom is -0.494 e. The number of fused-ring (bicyclic) bond motifs is 1. The fraction of sp³-hybridized carbons (Fsp3) is 0.133. The Morgan fingerprint density at radius 3 is 2.67 bits per heavy atom. The summed E-state index contributed by atoms with van der Waals surface area (Å²) in [6.07, 6.45) is 1.82. The smallest absolute Gasteiger partial charge is 0.147 e. The van der Waals surface area contributed by atoms with E-state index in [9.17, 15) is 0 Å². The lowest BCUT2D eigenvalue weighted by atomic mass is 10.2. The molecule has 108 valence electrons. The van der Waals surface area contributed by atoms with E-state index in [4.69, 9.17) is 4.74 Å². The summed E-state index contributed by atoms with van der Waals surface area (Å²) in [5.41, 5.74) is 3.23. The van der Waals surface area contributed by atoms with Crippen molar-refractivity contribution in [2.75, 3.05) is 12.4 Å². The summed E-state index contributed by atoms with van der Waals surface area (Å²) in [5, 5.41) is 11.5. The zero-order valence-electron chi connectivity index (χ0n) is 11.3. The largest absolute Gasteiger partial charge is 0.494 e. The summed E-state index contributed by atoms with van der Waals surface area (Å²) in [4.78, 5) is 0. The van der Waals surface area contributed by atoms with E-state index in [1.54, 1.807) is 7.11 Å². The monoisotopic (exact) mass is 409 g/mol. The number of methoxy groups -OCH3 is 1. The van der Waals surface area contributed by atoms with Gasteiger partial charge in [-0.25, -0.2) is 0 Å². The maximum atomic E-state index is 5.31. The summed E-state index contributed by atoms with van der Waals surface area (Å²) >= 11 is 7.03. The molecule has 1 aromatic heterocycles. The van der Waals surface area contributed by atoms with E-state index in [0.717, 1.165) is 43.4 Å². The third-order valence-corrected chi connectivity index (χ3v) is 4.38. The van der Waals surface area contributed by atoms with Crippen LogP contribution in [-0.2, 0) is 6.54 Å². The van der Waals surface area contributed by atoms with Gasteiger partial charge in [0.25, 0.3) is 0 Å². The molecule has 0 radical (unpaired) electrons. The van der Waals surface area contributed by atoms with Crippen molar-refractivity contribution < 1.29 is 4.74 Å². The van der Waals surface area contributed by atoms with Gasteiger partial charge in [-0.3, -0.25) is 5.10 Å². The summed E-state index contributed by atoms with van der Waals surface area (Å²) in [6, 6.07) is 10.2. The van der Waals surface area contributed by atoms with Crippen molar-refractivity contribution in [3.05, 3.63) is 51.0 Å². The zero-order chi connectivity index (χ0) is 14.8. The van der Waals surface area contributed by atoms with Crippen molar-refractivity contribution in [1.82, 2.24) is 10.2 Å². The first-order chi connectivity index (χ1) is 10.2. The lowest BCUT2D eigenvalue weighted by Crippen LogP contribution is -2.00. The fourth-order valence-corrected chi connectivity index (χ4v) is 3.77. The van der Waals surface area contributed by atoms with Crippen molar-refractivity contribution in [2.24, 2.45) is 0 Å². The Morgan fingerprint density at radius 2 is 1.95 bits per heavy atom. The molecule has 3 aromatic rings. The normalized spacial score (nSPS) is 10.8. The van der Waals surface area contributed by atoms with Crippen LogP contribution in [0, 0.1) is 0 Å². The van der Waals surface area contributed by atoms with Gasteiger partial charge in [0.2, 0.25) is 0 Å². The number of anilines is 1. The highest BCUT2D eigenvalue weighted by Crippen LogP contribution is 2.34. The Bertz CT molecular complexity index is 762. The second-order valence-electron chi connectivity index (χ2n) is 4.62. The lowest BCUT2D eigenvalue weighted by Gasteiger charge is -2.11. The van der Waals surface area contributed by atoms with Gasteiger partial charge in [-0.1, -0.05) is 0 Å². The predicted molar refractivity (Wildman–Crippen MR) is 91.8 cm³/mol. The number of hydrogen-bond donors (Lipinski definition) is 2. The highest BCUT2D eigenvalue weighted by atomic mass is 79.9. The summed E-state index contributed by atoms with van der Waals surface area (Å²) < 4.78 is 7.17. The van der Waals surface area contributed by atoms with Gasteiger partial charge in [-0.15, -0.1) is 0 Å². The molecule has 2 N–H and O–H groups in total. The van der Waals surface area contributed by atoms with E-state index in [1.807, 2.05) is 30.5 Å². The number of halogens is 2. The second kappa shape index (κ2) is 6.07. The standard InChI is InChI=1S/C15H13Br2N3O/c1-21-15-12(16)4-9(5-13(15)17)7-18-11-3-2-10-8-19-20-14(10)6-11/h2-6,8,18H,7H2,1H3,(H,19,20). The molecule has 1 heterocycles. The molecule has 0 atom stereocenters. The predicted octanol–water partition coefficient (Wildman–Crippen LogP) is 4.71. The first-order valence-corrected chi connectivity index (χ1v) is 7.95. The number of nitrogens with one attached hydrogen (secondary N) is 2. The number of hydrogen-bond acceptors (Lipinski definition) is 3. The van der Waals surface area contributed by atoms with Crippen LogP contribution in [0.15, 0.2) is 45.5 Å². The van der Waals surface area contributed by atoms with Crippen LogP contribution in [0.3, 0.4) is 0 Å². The van der Waals surface area contributed by atoms with Gasteiger partial charge in [0, 0.05) is 17.6 Å². The highest BCUT2D eigenvalue weighted by molar-refractivity contribution is 9.11. The Kier molecular flexibility index (Phi) is 4.17. The molecule has 0 saturated heterocycles. The summed E-state index contributed by atoms with van der Waals surface area (Å²) in [6.45, 7) is 0.723. The molecule has 21 heavy (non-hydrogen) atoms. The molecule has 0 aliphatic rings. The summed E-state index contributed by atoms with van der Waals surface area (Å²) in [7, 11) is 1.66. The van der Waals surface area contributed by atoms with Crippen LogP contribution in [0.4, 0.5) is 5.69 Å². The Labute approximate surface area is 139 Å². The van der Waals surface area contributed by atoms with Gasteiger partial charge < -0.3 is 10.1 Å². The zero-order valence-corrected chi connectivity index (χ0v) is 14.5. The molecule has 6 heteroatoms.